The zero-order chi connectivity index (χ0) is 15.5. The normalized spacial score (nSPS) is 19.1. The molecule has 22 heavy (non-hydrogen) atoms. The number of carbonyl (C=O) groups is 1. The first-order chi connectivity index (χ1) is 10.6. The van der Waals surface area contributed by atoms with Crippen LogP contribution in [0.2, 0.25) is 5.02 Å². The van der Waals surface area contributed by atoms with Crippen LogP contribution >= 0.6 is 11.6 Å². The summed E-state index contributed by atoms with van der Waals surface area (Å²) >= 11 is 5.86. The highest BCUT2D eigenvalue weighted by Gasteiger charge is 2.25. The summed E-state index contributed by atoms with van der Waals surface area (Å²) < 4.78 is 5.25. The van der Waals surface area contributed by atoms with Crippen LogP contribution in [0, 0.1) is 5.92 Å². The largest absolute Gasteiger partial charge is 0.346 e. The molecule has 0 saturated carbocycles. The van der Waals surface area contributed by atoms with E-state index in [0.29, 0.717) is 16.7 Å². The molecular weight excluding hydrogens is 304 g/mol. The molecule has 0 aliphatic carbocycles. The number of hydrogen-bond donors (Lipinski definition) is 2. The number of aromatic nitrogens is 2. The minimum Gasteiger partial charge on any atom is -0.346 e. The molecule has 3 rings (SSSR count). The monoisotopic (exact) mass is 320 g/mol. The number of hydrogen-bond acceptors (Lipinski definition) is 5. The van der Waals surface area contributed by atoms with Gasteiger partial charge in [0.05, 0.1) is 12.0 Å². The van der Waals surface area contributed by atoms with Crippen molar-refractivity contribution in [2.75, 3.05) is 13.1 Å². The number of amides is 1. The molecule has 2 N–H and O–H groups in total. The molecule has 0 radical (unpaired) electrons. The Balaban J connectivity index is 1.67. The lowest BCUT2D eigenvalue weighted by Crippen LogP contribution is -2.34. The van der Waals surface area contributed by atoms with Gasteiger partial charge >= 0.3 is 0 Å². The molecule has 2 heterocycles. The van der Waals surface area contributed by atoms with Crippen molar-refractivity contribution in [3.05, 3.63) is 35.1 Å². The van der Waals surface area contributed by atoms with Crippen LogP contribution < -0.4 is 10.6 Å². The van der Waals surface area contributed by atoms with E-state index in [-0.39, 0.29) is 17.9 Å². The van der Waals surface area contributed by atoms with Gasteiger partial charge in [-0.1, -0.05) is 16.8 Å². The van der Waals surface area contributed by atoms with Crippen LogP contribution in [0.25, 0.3) is 11.5 Å². The molecule has 1 aliphatic rings. The lowest BCUT2D eigenvalue weighted by Gasteiger charge is -2.13. The third-order valence-corrected chi connectivity index (χ3v) is 3.96. The van der Waals surface area contributed by atoms with Crippen molar-refractivity contribution < 1.29 is 9.32 Å². The van der Waals surface area contributed by atoms with Crippen molar-refractivity contribution in [1.29, 1.82) is 0 Å². The number of halogens is 1. The summed E-state index contributed by atoms with van der Waals surface area (Å²) in [4.78, 5) is 16.4. The zero-order valence-corrected chi connectivity index (χ0v) is 12.9. The van der Waals surface area contributed by atoms with Gasteiger partial charge in [-0.05, 0) is 44.2 Å². The van der Waals surface area contributed by atoms with Crippen molar-refractivity contribution in [3.8, 4) is 11.5 Å². The first-order valence-corrected chi connectivity index (χ1v) is 7.62. The molecule has 1 aliphatic heterocycles. The maximum absolute atomic E-state index is 12.1. The summed E-state index contributed by atoms with van der Waals surface area (Å²) in [5.41, 5.74) is 0.793. The second-order valence-electron chi connectivity index (χ2n) is 5.38. The predicted octanol–water partition coefficient (Wildman–Crippen LogP) is 2.18. The maximum atomic E-state index is 12.1. The molecule has 1 fully saturated rings. The molecule has 2 unspecified atom stereocenters. The lowest BCUT2D eigenvalue weighted by molar-refractivity contribution is -0.125. The fourth-order valence-electron chi connectivity index (χ4n) is 2.39. The van der Waals surface area contributed by atoms with E-state index in [1.54, 1.807) is 12.1 Å². The van der Waals surface area contributed by atoms with Gasteiger partial charge in [0, 0.05) is 17.1 Å². The molecule has 116 valence electrons. The second kappa shape index (κ2) is 6.46. The Labute approximate surface area is 133 Å². The Morgan fingerprint density at radius 1 is 1.45 bits per heavy atom. The van der Waals surface area contributed by atoms with Gasteiger partial charge in [-0.25, -0.2) is 0 Å². The quantitative estimate of drug-likeness (QED) is 0.902. The fraction of sp³-hybridized carbons (Fsp3) is 0.400. The van der Waals surface area contributed by atoms with Gasteiger partial charge < -0.3 is 15.2 Å². The van der Waals surface area contributed by atoms with Crippen LogP contribution in [0.3, 0.4) is 0 Å². The Kier molecular flexibility index (Phi) is 4.40. The van der Waals surface area contributed by atoms with E-state index >= 15 is 0 Å². The van der Waals surface area contributed by atoms with E-state index in [2.05, 4.69) is 20.8 Å². The Bertz CT molecular complexity index is 650. The topological polar surface area (TPSA) is 80.0 Å². The van der Waals surface area contributed by atoms with Crippen LogP contribution in [-0.4, -0.2) is 29.1 Å². The van der Waals surface area contributed by atoms with Crippen LogP contribution in [-0.2, 0) is 4.79 Å². The Morgan fingerprint density at radius 2 is 2.23 bits per heavy atom. The smallest absolute Gasteiger partial charge is 0.257 e. The summed E-state index contributed by atoms with van der Waals surface area (Å²) in [6, 6.07) is 6.86. The molecule has 1 amide bonds. The predicted molar refractivity (Wildman–Crippen MR) is 82.3 cm³/mol. The lowest BCUT2D eigenvalue weighted by atomic mass is 10.1. The van der Waals surface area contributed by atoms with Crippen LogP contribution in [0.5, 0.6) is 0 Å². The van der Waals surface area contributed by atoms with Gasteiger partial charge in [-0.2, -0.15) is 4.98 Å². The highest BCUT2D eigenvalue weighted by Crippen LogP contribution is 2.21. The molecule has 1 aromatic heterocycles. The molecule has 0 bridgehead atoms. The van der Waals surface area contributed by atoms with E-state index in [9.17, 15) is 4.79 Å². The third-order valence-electron chi connectivity index (χ3n) is 3.71. The van der Waals surface area contributed by atoms with Crippen molar-refractivity contribution in [2.45, 2.75) is 19.4 Å². The number of nitrogens with zero attached hydrogens (tertiary/aromatic N) is 2. The van der Waals surface area contributed by atoms with E-state index in [1.807, 2.05) is 19.1 Å². The van der Waals surface area contributed by atoms with Crippen molar-refractivity contribution in [2.24, 2.45) is 5.92 Å². The maximum Gasteiger partial charge on any atom is 0.257 e. The van der Waals surface area contributed by atoms with Gasteiger partial charge in [-0.3, -0.25) is 4.79 Å². The Morgan fingerprint density at radius 3 is 2.91 bits per heavy atom. The van der Waals surface area contributed by atoms with E-state index in [4.69, 9.17) is 16.1 Å². The number of rotatable bonds is 4. The summed E-state index contributed by atoms with van der Waals surface area (Å²) in [6.07, 6.45) is 0.862. The molecule has 1 aromatic carbocycles. The fourth-order valence-corrected chi connectivity index (χ4v) is 2.52. The second-order valence-corrected chi connectivity index (χ2v) is 5.82. The van der Waals surface area contributed by atoms with Gasteiger partial charge in [0.1, 0.15) is 0 Å². The average Bonchev–Trinajstić information content (AvgIpc) is 3.20. The number of carbonyl (C=O) groups excluding carboxylic acids is 1. The van der Waals surface area contributed by atoms with Gasteiger partial charge in [0.15, 0.2) is 5.82 Å². The van der Waals surface area contributed by atoms with Crippen LogP contribution in [0.1, 0.15) is 25.2 Å². The molecular formula is C15H17ClN4O2. The summed E-state index contributed by atoms with van der Waals surface area (Å²) in [7, 11) is 0. The van der Waals surface area contributed by atoms with Crippen LogP contribution in [0.4, 0.5) is 0 Å². The molecule has 2 aromatic rings. The standard InChI is InChI=1S/C15H17ClN4O2/c1-9(18-14(21)11-6-7-17-8-11)13-19-15(22-20-13)10-2-4-12(16)5-3-10/h2-5,9,11,17H,6-8H2,1H3,(H,18,21). The average molecular weight is 321 g/mol. The zero-order valence-electron chi connectivity index (χ0n) is 12.2. The van der Waals surface area contributed by atoms with Crippen LogP contribution in [0.15, 0.2) is 28.8 Å². The summed E-state index contributed by atoms with van der Waals surface area (Å²) in [5, 5.41) is 10.7. The van der Waals surface area contributed by atoms with Crippen molar-refractivity contribution in [3.63, 3.8) is 0 Å². The van der Waals surface area contributed by atoms with E-state index < -0.39 is 0 Å². The number of benzene rings is 1. The minimum absolute atomic E-state index is 0.0186. The molecule has 7 heteroatoms. The first-order valence-electron chi connectivity index (χ1n) is 7.24. The highest BCUT2D eigenvalue weighted by molar-refractivity contribution is 6.30. The van der Waals surface area contributed by atoms with Gasteiger partial charge in [0.2, 0.25) is 5.91 Å². The number of nitrogens with one attached hydrogen (secondary N) is 2. The highest BCUT2D eigenvalue weighted by atomic mass is 35.5. The van der Waals surface area contributed by atoms with E-state index in [0.717, 1.165) is 25.1 Å². The van der Waals surface area contributed by atoms with Gasteiger partial charge in [0.25, 0.3) is 5.89 Å². The molecule has 2 atom stereocenters. The SMILES string of the molecule is CC(NC(=O)C1CCNC1)c1noc(-c2ccc(Cl)cc2)n1. The third kappa shape index (κ3) is 3.28. The summed E-state index contributed by atoms with van der Waals surface area (Å²) in [5.74, 6) is 0.917. The Hall–Kier alpha value is -1.92. The summed E-state index contributed by atoms with van der Waals surface area (Å²) in [6.45, 7) is 3.45. The van der Waals surface area contributed by atoms with Crippen molar-refractivity contribution in [1.82, 2.24) is 20.8 Å². The van der Waals surface area contributed by atoms with Gasteiger partial charge in [-0.15, -0.1) is 0 Å². The molecule has 0 spiro atoms. The molecule has 1 saturated heterocycles. The van der Waals surface area contributed by atoms with E-state index in [1.165, 1.54) is 0 Å². The first kappa shape index (κ1) is 15.0. The minimum atomic E-state index is -0.294. The molecule has 6 nitrogen and oxygen atoms in total. The van der Waals surface area contributed by atoms with Crippen molar-refractivity contribution >= 4 is 17.5 Å².